The number of benzene rings is 3. The second-order valence-corrected chi connectivity index (χ2v) is 8.64. The van der Waals surface area contributed by atoms with Crippen molar-refractivity contribution in [3.8, 4) is 17.2 Å². The van der Waals surface area contributed by atoms with Gasteiger partial charge in [-0.3, -0.25) is 14.4 Å². The average molecular weight is 517 g/mol. The van der Waals surface area contributed by atoms with E-state index in [2.05, 4.69) is 0 Å². The van der Waals surface area contributed by atoms with Crippen LogP contribution in [0.15, 0.2) is 72.8 Å². The van der Waals surface area contributed by atoms with Crippen molar-refractivity contribution in [2.75, 3.05) is 25.4 Å². The van der Waals surface area contributed by atoms with Gasteiger partial charge in [0.15, 0.2) is 18.1 Å². The van der Waals surface area contributed by atoms with Crippen LogP contribution in [-0.4, -0.2) is 55.1 Å². The van der Waals surface area contributed by atoms with E-state index in [-0.39, 0.29) is 31.9 Å². The van der Waals surface area contributed by atoms with Crippen LogP contribution in [0, 0.1) is 0 Å². The molecule has 0 N–H and O–H groups in total. The minimum absolute atomic E-state index is 0.0480. The van der Waals surface area contributed by atoms with Crippen LogP contribution >= 0.6 is 0 Å². The number of rotatable bonds is 8. The van der Waals surface area contributed by atoms with Gasteiger partial charge in [0.05, 0.1) is 24.8 Å². The number of hydrogen-bond donors (Lipinski definition) is 0. The van der Waals surface area contributed by atoms with Crippen LogP contribution < -0.4 is 19.1 Å². The molecular weight excluding hydrogens is 492 g/mol. The zero-order valence-electron chi connectivity index (χ0n) is 20.5. The normalized spacial score (nSPS) is 15.9. The summed E-state index contributed by atoms with van der Waals surface area (Å²) in [6.07, 6.45) is -0.195. The topological polar surface area (TPSA) is 112 Å². The molecule has 1 fully saturated rings. The molecule has 3 aromatic rings. The number of amides is 3. The fourth-order valence-corrected chi connectivity index (χ4v) is 4.35. The summed E-state index contributed by atoms with van der Waals surface area (Å²) < 4.78 is 21.2. The van der Waals surface area contributed by atoms with Crippen LogP contribution in [0.2, 0.25) is 0 Å². The van der Waals surface area contributed by atoms with E-state index in [9.17, 15) is 19.2 Å². The molecule has 5 rings (SSSR count). The van der Waals surface area contributed by atoms with E-state index >= 15 is 0 Å². The highest BCUT2D eigenvalue weighted by Crippen LogP contribution is 2.34. The number of carbonyl (C=O) groups is 4. The van der Waals surface area contributed by atoms with Crippen molar-refractivity contribution >= 4 is 29.4 Å². The van der Waals surface area contributed by atoms with Crippen molar-refractivity contribution < 1.29 is 38.1 Å². The van der Waals surface area contributed by atoms with Gasteiger partial charge in [-0.1, -0.05) is 24.3 Å². The maximum atomic E-state index is 13.5. The van der Waals surface area contributed by atoms with E-state index in [1.807, 2.05) is 6.07 Å². The number of carbonyl (C=O) groups excluding carboxylic acids is 4. The average Bonchev–Trinajstić information content (AvgIpc) is 3.53. The molecule has 1 saturated heterocycles. The number of imide groups is 1. The molecule has 1 unspecified atom stereocenters. The first-order valence-corrected chi connectivity index (χ1v) is 11.9. The standard InChI is InChI=1S/C28H24N2O8/c1-35-28(34)19-8-10-20(11-9-19)30-25(31)14-22(27(30)33)29(26(32)16-36-21-5-3-2-4-6-21)15-18-7-12-23-24(13-18)38-17-37-23/h2-13,22H,14-17H2,1H3. The Morgan fingerprint density at radius 2 is 1.71 bits per heavy atom. The third kappa shape index (κ3) is 5.01. The van der Waals surface area contributed by atoms with Crippen molar-refractivity contribution in [3.63, 3.8) is 0 Å². The number of para-hydroxylation sites is 1. The van der Waals surface area contributed by atoms with Crippen LogP contribution in [0.1, 0.15) is 22.3 Å². The van der Waals surface area contributed by atoms with Crippen LogP contribution in [0.4, 0.5) is 5.69 Å². The molecule has 0 bridgehead atoms. The molecule has 1 atom stereocenters. The van der Waals surface area contributed by atoms with Crippen molar-refractivity contribution in [2.24, 2.45) is 0 Å². The van der Waals surface area contributed by atoms with Gasteiger partial charge in [0.2, 0.25) is 12.7 Å². The second-order valence-electron chi connectivity index (χ2n) is 8.64. The smallest absolute Gasteiger partial charge is 0.337 e. The second kappa shape index (κ2) is 10.6. The molecule has 3 amide bonds. The number of hydrogen-bond acceptors (Lipinski definition) is 8. The molecule has 0 spiro atoms. The maximum absolute atomic E-state index is 13.5. The van der Waals surface area contributed by atoms with Gasteiger partial charge < -0.3 is 23.8 Å². The minimum Gasteiger partial charge on any atom is -0.484 e. The molecule has 0 saturated carbocycles. The van der Waals surface area contributed by atoms with E-state index in [0.29, 0.717) is 28.5 Å². The maximum Gasteiger partial charge on any atom is 0.337 e. The Bertz CT molecular complexity index is 1370. The highest BCUT2D eigenvalue weighted by atomic mass is 16.7. The van der Waals surface area contributed by atoms with E-state index in [0.717, 1.165) is 4.90 Å². The molecule has 0 aromatic heterocycles. The molecule has 2 aliphatic heterocycles. The number of nitrogens with zero attached hydrogens (tertiary/aromatic N) is 2. The first kappa shape index (κ1) is 24.8. The van der Waals surface area contributed by atoms with Gasteiger partial charge in [-0.25, -0.2) is 9.69 Å². The van der Waals surface area contributed by atoms with E-state index < -0.39 is 29.7 Å². The lowest BCUT2D eigenvalue weighted by molar-refractivity contribution is -0.140. The zero-order chi connectivity index (χ0) is 26.6. The van der Waals surface area contributed by atoms with Crippen LogP contribution in [-0.2, 0) is 25.7 Å². The summed E-state index contributed by atoms with van der Waals surface area (Å²) >= 11 is 0. The molecule has 10 nitrogen and oxygen atoms in total. The highest BCUT2D eigenvalue weighted by Gasteiger charge is 2.44. The van der Waals surface area contributed by atoms with E-state index in [1.54, 1.807) is 42.5 Å². The Balaban J connectivity index is 1.39. The highest BCUT2D eigenvalue weighted by molar-refractivity contribution is 6.23. The number of fused-ring (bicyclic) bond motifs is 1. The molecule has 0 aliphatic carbocycles. The lowest BCUT2D eigenvalue weighted by atomic mass is 10.1. The van der Waals surface area contributed by atoms with Crippen molar-refractivity contribution in [1.29, 1.82) is 0 Å². The molecule has 194 valence electrons. The van der Waals surface area contributed by atoms with E-state index in [1.165, 1.54) is 36.3 Å². The quantitative estimate of drug-likeness (QED) is 0.332. The van der Waals surface area contributed by atoms with Gasteiger partial charge in [0, 0.05) is 6.54 Å². The van der Waals surface area contributed by atoms with Gasteiger partial charge in [0.25, 0.3) is 11.8 Å². The molecule has 38 heavy (non-hydrogen) atoms. The third-order valence-electron chi connectivity index (χ3n) is 6.26. The largest absolute Gasteiger partial charge is 0.484 e. The summed E-state index contributed by atoms with van der Waals surface area (Å²) in [5.41, 5.74) is 1.28. The van der Waals surface area contributed by atoms with Crippen molar-refractivity contribution in [2.45, 2.75) is 19.0 Å². The van der Waals surface area contributed by atoms with Gasteiger partial charge >= 0.3 is 5.97 Å². The summed E-state index contributed by atoms with van der Waals surface area (Å²) in [4.78, 5) is 54.1. The van der Waals surface area contributed by atoms with Crippen LogP contribution in [0.3, 0.4) is 0 Å². The van der Waals surface area contributed by atoms with Crippen LogP contribution in [0.25, 0.3) is 0 Å². The number of methoxy groups -OCH3 is 1. The Morgan fingerprint density at radius 1 is 0.974 bits per heavy atom. The molecular formula is C28H24N2O8. The fraction of sp³-hybridized carbons (Fsp3) is 0.214. The van der Waals surface area contributed by atoms with E-state index in [4.69, 9.17) is 18.9 Å². The summed E-state index contributed by atoms with van der Waals surface area (Å²) in [6.45, 7) is -0.168. The summed E-state index contributed by atoms with van der Waals surface area (Å²) in [5.74, 6) is -0.366. The number of ether oxygens (including phenoxy) is 4. The Morgan fingerprint density at radius 3 is 2.45 bits per heavy atom. The monoisotopic (exact) mass is 516 g/mol. The Labute approximate surface area is 218 Å². The van der Waals surface area contributed by atoms with Gasteiger partial charge in [-0.05, 0) is 54.1 Å². The van der Waals surface area contributed by atoms with Gasteiger partial charge in [-0.2, -0.15) is 0 Å². The first-order chi connectivity index (χ1) is 18.4. The Hall–Kier alpha value is -4.86. The van der Waals surface area contributed by atoms with Gasteiger partial charge in [0.1, 0.15) is 11.8 Å². The molecule has 3 aromatic carbocycles. The van der Waals surface area contributed by atoms with Crippen LogP contribution in [0.5, 0.6) is 17.2 Å². The third-order valence-corrected chi connectivity index (χ3v) is 6.26. The first-order valence-electron chi connectivity index (χ1n) is 11.9. The predicted molar refractivity (Wildman–Crippen MR) is 134 cm³/mol. The predicted octanol–water partition coefficient (Wildman–Crippen LogP) is 2.94. The molecule has 2 heterocycles. The lowest BCUT2D eigenvalue weighted by Crippen LogP contribution is -2.46. The van der Waals surface area contributed by atoms with Crippen molar-refractivity contribution in [1.82, 2.24) is 4.90 Å². The minimum atomic E-state index is -1.04. The SMILES string of the molecule is COC(=O)c1ccc(N2C(=O)CC(N(Cc3ccc4c(c3)OCO4)C(=O)COc3ccccc3)C2=O)cc1. The molecule has 2 aliphatic rings. The van der Waals surface area contributed by atoms with Gasteiger partial charge in [-0.15, -0.1) is 0 Å². The summed E-state index contributed by atoms with van der Waals surface area (Å²) in [7, 11) is 1.27. The van der Waals surface area contributed by atoms with Crippen molar-refractivity contribution in [3.05, 3.63) is 83.9 Å². The Kier molecular flexibility index (Phi) is 6.94. The number of anilines is 1. The fourth-order valence-electron chi connectivity index (χ4n) is 4.35. The molecule has 0 radical (unpaired) electrons. The lowest BCUT2D eigenvalue weighted by Gasteiger charge is -2.28. The zero-order valence-corrected chi connectivity index (χ0v) is 20.5. The molecule has 10 heteroatoms. The number of esters is 1. The summed E-state index contributed by atoms with van der Waals surface area (Å²) in [6, 6.07) is 19.0. The summed E-state index contributed by atoms with van der Waals surface area (Å²) in [5, 5.41) is 0.